The van der Waals surface area contributed by atoms with Crippen molar-refractivity contribution < 1.29 is 13.2 Å². The van der Waals surface area contributed by atoms with Crippen molar-refractivity contribution in [2.24, 2.45) is 0 Å². The molecular weight excluding hydrogens is 469 g/mol. The molecule has 2 aromatic carbocycles. The van der Waals surface area contributed by atoms with Gasteiger partial charge >= 0.3 is 0 Å². The maximum atomic E-state index is 12.4. The van der Waals surface area contributed by atoms with Crippen LogP contribution in [0.5, 0.6) is 5.75 Å². The molecule has 0 radical (unpaired) electrons. The molecule has 0 aliphatic carbocycles. The number of anilines is 1. The summed E-state index contributed by atoms with van der Waals surface area (Å²) >= 11 is 5.46. The van der Waals surface area contributed by atoms with Gasteiger partial charge in [-0.25, -0.2) is 8.42 Å². The molecule has 0 aliphatic rings. The molecule has 0 saturated carbocycles. The number of rotatable bonds is 4. The maximum absolute atomic E-state index is 12.4. The molecule has 0 amide bonds. The number of nitrogens with one attached hydrogen (secondary N) is 1. The number of methoxy groups -OCH3 is 1. The molecule has 2 rings (SSSR count). The summed E-state index contributed by atoms with van der Waals surface area (Å²) in [5.74, 6) is 0.582. The molecule has 0 saturated heterocycles. The second-order valence-corrected chi connectivity index (χ2v) is 8.06. The van der Waals surface area contributed by atoms with Gasteiger partial charge in [-0.2, -0.15) is 0 Å². The third-order valence-corrected chi connectivity index (χ3v) is 6.02. The fourth-order valence-electron chi connectivity index (χ4n) is 1.68. The number of hydrogen-bond acceptors (Lipinski definition) is 3. The van der Waals surface area contributed by atoms with Gasteiger partial charge in [-0.05, 0) is 81.3 Å². The van der Waals surface area contributed by atoms with Crippen molar-refractivity contribution >= 4 is 54.2 Å². The number of hydrogen-bond donors (Lipinski definition) is 1. The average Bonchev–Trinajstić information content (AvgIpc) is 2.42. The van der Waals surface area contributed by atoms with E-state index >= 15 is 0 Å². The molecule has 0 aliphatic heterocycles. The van der Waals surface area contributed by atoms with Gasteiger partial charge in [0.25, 0.3) is 10.0 Å². The van der Waals surface area contributed by atoms with Crippen LogP contribution in [0.25, 0.3) is 0 Å². The average molecular weight is 482 g/mol. The fourth-order valence-corrected chi connectivity index (χ4v) is 3.97. The minimum Gasteiger partial charge on any atom is -0.496 e. The molecule has 0 fully saturated rings. The molecule has 7 heteroatoms. The van der Waals surface area contributed by atoms with Crippen molar-refractivity contribution in [1.29, 1.82) is 0 Å². The largest absolute Gasteiger partial charge is 0.496 e. The predicted molar refractivity (Wildman–Crippen MR) is 95.4 cm³/mol. The first-order valence-electron chi connectivity index (χ1n) is 5.96. The topological polar surface area (TPSA) is 55.4 Å². The first-order valence-corrected chi connectivity index (χ1v) is 9.31. The molecular formula is C14H13BrINO3S. The highest BCUT2D eigenvalue weighted by atomic mass is 127. The molecule has 2 aromatic rings. The summed E-state index contributed by atoms with van der Waals surface area (Å²) < 4.78 is 34.0. The SMILES string of the molecule is COc1ccc(S(=O)(=O)Nc2ccc(C)c(I)c2)cc1Br. The summed E-state index contributed by atoms with van der Waals surface area (Å²) in [6, 6.07) is 10.0. The molecule has 0 aromatic heterocycles. The highest BCUT2D eigenvalue weighted by molar-refractivity contribution is 14.1. The predicted octanol–water partition coefficient (Wildman–Crippen LogP) is 4.17. The van der Waals surface area contributed by atoms with E-state index in [4.69, 9.17) is 4.74 Å². The molecule has 21 heavy (non-hydrogen) atoms. The molecule has 112 valence electrons. The van der Waals surface area contributed by atoms with Gasteiger partial charge in [0.05, 0.1) is 16.5 Å². The summed E-state index contributed by atoms with van der Waals surface area (Å²) in [5, 5.41) is 0. The standard InChI is InChI=1S/C14H13BrINO3S/c1-9-3-4-10(7-13(9)16)17-21(18,19)11-5-6-14(20-2)12(15)8-11/h3-8,17H,1-2H3. The van der Waals surface area contributed by atoms with Gasteiger partial charge in [-0.3, -0.25) is 4.72 Å². The molecule has 0 bridgehead atoms. The molecule has 0 unspecified atom stereocenters. The van der Waals surface area contributed by atoms with Crippen molar-refractivity contribution in [2.75, 3.05) is 11.8 Å². The van der Waals surface area contributed by atoms with Gasteiger partial charge in [0.2, 0.25) is 0 Å². The van der Waals surface area contributed by atoms with Crippen LogP contribution in [0.15, 0.2) is 45.8 Å². The Morgan fingerprint density at radius 3 is 2.48 bits per heavy atom. The Labute approximate surface area is 146 Å². The van der Waals surface area contributed by atoms with Crippen molar-refractivity contribution in [2.45, 2.75) is 11.8 Å². The Balaban J connectivity index is 2.33. The van der Waals surface area contributed by atoms with Crippen LogP contribution < -0.4 is 9.46 Å². The summed E-state index contributed by atoms with van der Waals surface area (Å²) in [6.07, 6.45) is 0. The van der Waals surface area contributed by atoms with Crippen LogP contribution in [0, 0.1) is 10.5 Å². The summed E-state index contributed by atoms with van der Waals surface area (Å²) in [7, 11) is -2.10. The zero-order valence-electron chi connectivity index (χ0n) is 11.4. The minimum absolute atomic E-state index is 0.172. The Bertz CT molecular complexity index is 778. The van der Waals surface area contributed by atoms with E-state index in [9.17, 15) is 8.42 Å². The van der Waals surface area contributed by atoms with Gasteiger partial charge in [0.1, 0.15) is 5.75 Å². The van der Waals surface area contributed by atoms with Crippen molar-refractivity contribution in [3.63, 3.8) is 0 Å². The quantitative estimate of drug-likeness (QED) is 0.666. The Hall–Kier alpha value is -0.800. The maximum Gasteiger partial charge on any atom is 0.261 e. The number of aryl methyl sites for hydroxylation is 1. The van der Waals surface area contributed by atoms with Crippen molar-refractivity contribution in [1.82, 2.24) is 0 Å². The Morgan fingerprint density at radius 2 is 1.90 bits per heavy atom. The molecule has 4 nitrogen and oxygen atoms in total. The zero-order chi connectivity index (χ0) is 15.6. The van der Waals surface area contributed by atoms with Gasteiger partial charge in [0, 0.05) is 9.26 Å². The van der Waals surface area contributed by atoms with Crippen LogP contribution in [0.3, 0.4) is 0 Å². The van der Waals surface area contributed by atoms with Crippen molar-refractivity contribution in [3.8, 4) is 5.75 Å². The molecule has 1 N–H and O–H groups in total. The van der Waals surface area contributed by atoms with Gasteiger partial charge < -0.3 is 4.74 Å². The summed E-state index contributed by atoms with van der Waals surface area (Å²) in [4.78, 5) is 0.172. The number of sulfonamides is 1. The summed E-state index contributed by atoms with van der Waals surface area (Å²) in [6.45, 7) is 1.97. The van der Waals surface area contributed by atoms with E-state index in [0.29, 0.717) is 15.9 Å². The van der Waals surface area contributed by atoms with E-state index in [-0.39, 0.29) is 4.90 Å². The smallest absolute Gasteiger partial charge is 0.261 e. The number of halogens is 2. The van der Waals surface area contributed by atoms with E-state index in [1.807, 2.05) is 13.0 Å². The lowest BCUT2D eigenvalue weighted by atomic mass is 10.2. The van der Waals surface area contributed by atoms with Gasteiger partial charge in [0.15, 0.2) is 0 Å². The van der Waals surface area contributed by atoms with Crippen LogP contribution in [0.1, 0.15) is 5.56 Å². The normalized spacial score (nSPS) is 11.2. The van der Waals surface area contributed by atoms with Crippen LogP contribution in [-0.2, 0) is 10.0 Å². The minimum atomic E-state index is -3.63. The van der Waals surface area contributed by atoms with E-state index in [1.165, 1.54) is 19.2 Å². The van der Waals surface area contributed by atoms with E-state index in [2.05, 4.69) is 43.2 Å². The van der Waals surface area contributed by atoms with Gasteiger partial charge in [-0.15, -0.1) is 0 Å². The first-order chi connectivity index (χ1) is 9.83. The first kappa shape index (κ1) is 16.6. The monoisotopic (exact) mass is 481 g/mol. The third kappa shape index (κ3) is 3.89. The third-order valence-electron chi connectivity index (χ3n) is 2.86. The molecule has 0 spiro atoms. The molecule has 0 heterocycles. The van der Waals surface area contributed by atoms with Crippen LogP contribution in [0.4, 0.5) is 5.69 Å². The lowest BCUT2D eigenvalue weighted by Crippen LogP contribution is -2.13. The lowest BCUT2D eigenvalue weighted by Gasteiger charge is -2.11. The number of ether oxygens (including phenoxy) is 1. The fraction of sp³-hybridized carbons (Fsp3) is 0.143. The number of benzene rings is 2. The second kappa shape index (κ2) is 6.53. The van der Waals surface area contributed by atoms with E-state index in [0.717, 1.165) is 9.13 Å². The van der Waals surface area contributed by atoms with Crippen LogP contribution in [-0.4, -0.2) is 15.5 Å². The van der Waals surface area contributed by atoms with Crippen molar-refractivity contribution in [3.05, 3.63) is 50.0 Å². The zero-order valence-corrected chi connectivity index (χ0v) is 15.9. The van der Waals surface area contributed by atoms with Gasteiger partial charge in [-0.1, -0.05) is 6.07 Å². The molecule has 0 atom stereocenters. The van der Waals surface area contributed by atoms with Crippen LogP contribution in [0.2, 0.25) is 0 Å². The van der Waals surface area contributed by atoms with Crippen LogP contribution >= 0.6 is 38.5 Å². The second-order valence-electron chi connectivity index (χ2n) is 4.37. The Kier molecular flexibility index (Phi) is 5.15. The van der Waals surface area contributed by atoms with E-state index in [1.54, 1.807) is 18.2 Å². The van der Waals surface area contributed by atoms with E-state index < -0.39 is 10.0 Å². The highest BCUT2D eigenvalue weighted by Gasteiger charge is 2.16. The highest BCUT2D eigenvalue weighted by Crippen LogP contribution is 2.28. The lowest BCUT2D eigenvalue weighted by molar-refractivity contribution is 0.411. The summed E-state index contributed by atoms with van der Waals surface area (Å²) in [5.41, 5.74) is 1.64. The Morgan fingerprint density at radius 1 is 1.19 bits per heavy atom.